The molecule has 0 spiro atoms. The van der Waals surface area contributed by atoms with Gasteiger partial charge in [-0.05, 0) is 49.9 Å². The number of rotatable bonds is 5. The summed E-state index contributed by atoms with van der Waals surface area (Å²) < 4.78 is 16.3. The molecule has 3 aromatic rings. The van der Waals surface area contributed by atoms with Crippen molar-refractivity contribution in [1.82, 2.24) is 15.2 Å². The monoisotopic (exact) mass is 463 g/mol. The van der Waals surface area contributed by atoms with Crippen LogP contribution in [0.5, 0.6) is 0 Å². The minimum Gasteiger partial charge on any atom is -0.459 e. The number of oxazole rings is 1. The summed E-state index contributed by atoms with van der Waals surface area (Å²) in [4.78, 5) is 33.2. The van der Waals surface area contributed by atoms with Crippen LogP contribution < -0.4 is 10.2 Å². The smallest absolute Gasteiger partial charge is 0.289 e. The zero-order chi connectivity index (χ0) is 23.5. The number of hydrogen-bond acceptors (Lipinski definition) is 8. The molecule has 5 rings (SSSR count). The second kappa shape index (κ2) is 9.47. The van der Waals surface area contributed by atoms with Gasteiger partial charge >= 0.3 is 0 Å². The fraction of sp³-hybridized carbons (Fsp3) is 0.417. The maximum atomic E-state index is 12.9. The van der Waals surface area contributed by atoms with E-state index in [-0.39, 0.29) is 35.4 Å². The molecule has 0 unspecified atom stereocenters. The van der Waals surface area contributed by atoms with E-state index in [0.29, 0.717) is 56.4 Å². The van der Waals surface area contributed by atoms with Crippen LogP contribution in [0.2, 0.25) is 0 Å². The van der Waals surface area contributed by atoms with Crippen LogP contribution in [-0.2, 0) is 4.79 Å². The lowest BCUT2D eigenvalue weighted by molar-refractivity contribution is -0.126. The lowest BCUT2D eigenvalue weighted by atomic mass is 9.94. The van der Waals surface area contributed by atoms with Gasteiger partial charge in [0, 0.05) is 38.1 Å². The predicted octanol–water partition coefficient (Wildman–Crippen LogP) is 3.04. The molecule has 0 bridgehead atoms. The van der Waals surface area contributed by atoms with Crippen molar-refractivity contribution in [3.05, 3.63) is 48.2 Å². The summed E-state index contributed by atoms with van der Waals surface area (Å²) in [6.07, 6.45) is 5.77. The van der Waals surface area contributed by atoms with E-state index >= 15 is 0 Å². The Balaban J connectivity index is 1.12. The van der Waals surface area contributed by atoms with E-state index < -0.39 is 0 Å². The Labute approximate surface area is 196 Å². The van der Waals surface area contributed by atoms with Gasteiger partial charge in [0.15, 0.2) is 11.5 Å². The molecular formula is C24H25N5O5. The molecule has 2 aliphatic heterocycles. The third-order valence-electron chi connectivity index (χ3n) is 6.46. The average Bonchev–Trinajstić information content (AvgIpc) is 3.65. The molecule has 34 heavy (non-hydrogen) atoms. The van der Waals surface area contributed by atoms with Crippen LogP contribution in [0.4, 0.5) is 5.88 Å². The third-order valence-corrected chi connectivity index (χ3v) is 6.46. The highest BCUT2D eigenvalue weighted by atomic mass is 16.4. The fourth-order valence-electron chi connectivity index (χ4n) is 4.55. The van der Waals surface area contributed by atoms with Crippen LogP contribution in [0.1, 0.15) is 41.9 Å². The van der Waals surface area contributed by atoms with E-state index in [1.165, 1.54) is 12.5 Å². The van der Waals surface area contributed by atoms with Gasteiger partial charge in [0.1, 0.15) is 6.07 Å². The Bertz CT molecular complexity index is 1160. The van der Waals surface area contributed by atoms with Crippen LogP contribution in [0.25, 0.3) is 11.7 Å². The minimum absolute atomic E-state index is 0.0461. The van der Waals surface area contributed by atoms with Crippen LogP contribution in [0, 0.1) is 17.2 Å². The van der Waals surface area contributed by atoms with Gasteiger partial charge in [-0.1, -0.05) is 0 Å². The van der Waals surface area contributed by atoms with Crippen molar-refractivity contribution in [2.45, 2.75) is 31.7 Å². The highest BCUT2D eigenvalue weighted by Gasteiger charge is 2.31. The van der Waals surface area contributed by atoms with Crippen LogP contribution >= 0.6 is 0 Å². The molecule has 0 radical (unpaired) electrons. The van der Waals surface area contributed by atoms with Gasteiger partial charge < -0.3 is 28.4 Å². The lowest BCUT2D eigenvalue weighted by Crippen LogP contribution is -2.49. The molecule has 0 aliphatic carbocycles. The number of nitrogens with one attached hydrogen (secondary N) is 1. The number of amides is 2. The largest absolute Gasteiger partial charge is 0.459 e. The molecule has 0 saturated carbocycles. The van der Waals surface area contributed by atoms with Crippen molar-refractivity contribution in [3.8, 4) is 17.7 Å². The summed E-state index contributed by atoms with van der Waals surface area (Å²) in [5, 5.41) is 12.6. The maximum absolute atomic E-state index is 12.9. The first-order valence-corrected chi connectivity index (χ1v) is 11.5. The first kappa shape index (κ1) is 21.8. The van der Waals surface area contributed by atoms with Crippen molar-refractivity contribution in [3.63, 3.8) is 0 Å². The van der Waals surface area contributed by atoms with Crippen molar-refractivity contribution in [2.75, 3.05) is 31.1 Å². The molecule has 3 aromatic heterocycles. The van der Waals surface area contributed by atoms with Gasteiger partial charge in [0.25, 0.3) is 11.8 Å². The van der Waals surface area contributed by atoms with Gasteiger partial charge in [0.05, 0.1) is 12.5 Å². The summed E-state index contributed by atoms with van der Waals surface area (Å²) in [7, 11) is 0. The van der Waals surface area contributed by atoms with E-state index in [9.17, 15) is 14.9 Å². The number of hydrogen-bond donors (Lipinski definition) is 1. The summed E-state index contributed by atoms with van der Waals surface area (Å²) in [6.45, 7) is 2.36. The molecule has 2 amide bonds. The van der Waals surface area contributed by atoms with Gasteiger partial charge in [-0.15, -0.1) is 0 Å². The number of aromatic nitrogens is 1. The van der Waals surface area contributed by atoms with Gasteiger partial charge in [0.2, 0.25) is 17.5 Å². The number of piperidine rings is 2. The van der Waals surface area contributed by atoms with Crippen LogP contribution in [0.3, 0.4) is 0 Å². The normalized spacial score (nSPS) is 17.5. The number of furan rings is 2. The molecule has 2 saturated heterocycles. The molecule has 1 N–H and O–H groups in total. The summed E-state index contributed by atoms with van der Waals surface area (Å²) >= 11 is 0. The number of carbonyl (C=O) groups excluding carboxylic acids is 2. The van der Waals surface area contributed by atoms with Gasteiger partial charge in [-0.3, -0.25) is 9.59 Å². The zero-order valence-electron chi connectivity index (χ0n) is 18.6. The average molecular weight is 463 g/mol. The number of nitriles is 1. The molecule has 2 aliphatic rings. The second-order valence-corrected chi connectivity index (χ2v) is 8.58. The fourth-order valence-corrected chi connectivity index (χ4v) is 4.55. The first-order chi connectivity index (χ1) is 16.6. The topological polar surface area (TPSA) is 129 Å². The lowest BCUT2D eigenvalue weighted by Gasteiger charge is -2.34. The second-order valence-electron chi connectivity index (χ2n) is 8.58. The zero-order valence-corrected chi connectivity index (χ0v) is 18.6. The standard InChI is InChI=1S/C24H25N5O5/c25-15-18-24(34-22(27-18)19-3-1-13-32-19)29-9-5-16(6-10-29)21(30)26-17-7-11-28(12-8-17)23(31)20-4-2-14-33-20/h1-4,13-14,16-17H,5-12H2,(H,26,30). The molecule has 0 aromatic carbocycles. The molecule has 0 atom stereocenters. The SMILES string of the molecule is N#Cc1nc(-c2ccco2)oc1N1CCC(C(=O)NC2CCN(C(=O)c3ccco3)CC2)CC1. The minimum atomic E-state index is -0.110. The van der Waals surface area contributed by atoms with Gasteiger partial charge in [-0.2, -0.15) is 10.2 Å². The van der Waals surface area contributed by atoms with E-state index in [2.05, 4.69) is 16.4 Å². The quantitative estimate of drug-likeness (QED) is 0.611. The first-order valence-electron chi connectivity index (χ1n) is 11.5. The number of nitrogens with zero attached hydrogens (tertiary/aromatic N) is 4. The van der Waals surface area contributed by atoms with Crippen molar-refractivity contribution in [1.29, 1.82) is 5.26 Å². The summed E-state index contributed by atoms with van der Waals surface area (Å²) in [5.74, 6) is 1.34. The number of likely N-dealkylation sites (tertiary alicyclic amines) is 1. The van der Waals surface area contributed by atoms with E-state index in [4.69, 9.17) is 13.3 Å². The summed E-state index contributed by atoms with van der Waals surface area (Å²) in [5.41, 5.74) is 0.213. The van der Waals surface area contributed by atoms with Crippen molar-refractivity contribution in [2.24, 2.45) is 5.92 Å². The molecule has 2 fully saturated rings. The molecule has 5 heterocycles. The van der Waals surface area contributed by atoms with E-state index in [1.54, 1.807) is 29.2 Å². The highest BCUT2D eigenvalue weighted by Crippen LogP contribution is 2.31. The van der Waals surface area contributed by atoms with Crippen molar-refractivity contribution < 1.29 is 22.8 Å². The Hall–Kier alpha value is -4.00. The number of carbonyl (C=O) groups is 2. The predicted molar refractivity (Wildman–Crippen MR) is 120 cm³/mol. The maximum Gasteiger partial charge on any atom is 0.289 e. The Morgan fingerprint density at radius 1 is 1.03 bits per heavy atom. The number of anilines is 1. The van der Waals surface area contributed by atoms with Crippen LogP contribution in [0.15, 0.2) is 50.0 Å². The Morgan fingerprint density at radius 2 is 1.76 bits per heavy atom. The Morgan fingerprint density at radius 3 is 2.41 bits per heavy atom. The molecular weight excluding hydrogens is 438 g/mol. The highest BCUT2D eigenvalue weighted by molar-refractivity contribution is 5.91. The summed E-state index contributed by atoms with van der Waals surface area (Å²) in [6, 6.07) is 8.97. The molecule has 176 valence electrons. The molecule has 10 nitrogen and oxygen atoms in total. The van der Waals surface area contributed by atoms with E-state index in [0.717, 1.165) is 12.8 Å². The van der Waals surface area contributed by atoms with Crippen molar-refractivity contribution >= 4 is 17.7 Å². The molecule has 10 heteroatoms. The Kier molecular flexibility index (Phi) is 6.08. The third kappa shape index (κ3) is 4.41. The van der Waals surface area contributed by atoms with E-state index in [1.807, 2.05) is 4.90 Å². The van der Waals surface area contributed by atoms with Gasteiger partial charge in [-0.25, -0.2) is 0 Å². The van der Waals surface area contributed by atoms with Crippen LogP contribution in [-0.4, -0.2) is 53.9 Å².